The van der Waals surface area contributed by atoms with Gasteiger partial charge in [0.25, 0.3) is 0 Å². The number of amides is 1. The van der Waals surface area contributed by atoms with Crippen LogP contribution < -0.4 is 10.1 Å². The van der Waals surface area contributed by atoms with E-state index in [1.54, 1.807) is 11.8 Å². The number of rotatable bonds is 4. The van der Waals surface area contributed by atoms with E-state index in [4.69, 9.17) is 9.84 Å². The van der Waals surface area contributed by atoms with E-state index >= 15 is 0 Å². The van der Waals surface area contributed by atoms with Gasteiger partial charge >= 0.3 is 6.09 Å². The predicted molar refractivity (Wildman–Crippen MR) is 92.3 cm³/mol. The first-order valence-corrected chi connectivity index (χ1v) is 8.65. The van der Waals surface area contributed by atoms with Gasteiger partial charge in [0.15, 0.2) is 0 Å². The molecular weight excluding hydrogens is 310 g/mol. The predicted octanol–water partition coefficient (Wildman–Crippen LogP) is 4.56. The lowest BCUT2D eigenvalue weighted by Crippen LogP contribution is -2.29. The van der Waals surface area contributed by atoms with E-state index in [-0.39, 0.29) is 6.04 Å². The second-order valence-electron chi connectivity index (χ2n) is 5.35. The number of hydrogen-bond donors (Lipinski definition) is 2. The van der Waals surface area contributed by atoms with Crippen molar-refractivity contribution in [2.45, 2.75) is 24.3 Å². The molecule has 2 aromatic rings. The second kappa shape index (κ2) is 6.96. The Morgan fingerprint density at radius 3 is 2.91 bits per heavy atom. The molecule has 1 unspecified atom stereocenters. The molecule has 0 aromatic heterocycles. The third-order valence-corrected chi connectivity index (χ3v) is 4.93. The Bertz CT molecular complexity index is 717. The molecule has 4 nitrogen and oxygen atoms in total. The standard InChI is InChI=1S/C18H19NO3S/c1-2-22-14-5-3-4-12(10-14)13-6-7-15-16(19-18(20)21)8-9-23-17(15)11-13/h3-7,10-11,16,19H,2,8-9H2,1H3,(H,20,21). The maximum atomic E-state index is 10.9. The monoisotopic (exact) mass is 329 g/mol. The van der Waals surface area contributed by atoms with Crippen molar-refractivity contribution in [3.05, 3.63) is 48.0 Å². The van der Waals surface area contributed by atoms with Gasteiger partial charge in [-0.3, -0.25) is 0 Å². The number of hydrogen-bond acceptors (Lipinski definition) is 3. The Hall–Kier alpha value is -2.14. The lowest BCUT2D eigenvalue weighted by Gasteiger charge is -2.25. The summed E-state index contributed by atoms with van der Waals surface area (Å²) in [7, 11) is 0. The Morgan fingerprint density at radius 1 is 1.30 bits per heavy atom. The van der Waals surface area contributed by atoms with Gasteiger partial charge in [-0.1, -0.05) is 24.3 Å². The van der Waals surface area contributed by atoms with E-state index in [1.165, 1.54) is 0 Å². The summed E-state index contributed by atoms with van der Waals surface area (Å²) in [5.41, 5.74) is 3.29. The van der Waals surface area contributed by atoms with Crippen molar-refractivity contribution >= 4 is 17.9 Å². The third kappa shape index (κ3) is 3.62. The molecule has 0 radical (unpaired) electrons. The Labute approximate surface area is 139 Å². The van der Waals surface area contributed by atoms with E-state index in [2.05, 4.69) is 17.4 Å². The Morgan fingerprint density at radius 2 is 2.13 bits per heavy atom. The summed E-state index contributed by atoms with van der Waals surface area (Å²) in [6, 6.07) is 14.1. The van der Waals surface area contributed by atoms with Gasteiger partial charge in [-0.2, -0.15) is 0 Å². The summed E-state index contributed by atoms with van der Waals surface area (Å²) in [5.74, 6) is 1.78. The first-order valence-electron chi connectivity index (χ1n) is 7.67. The molecule has 1 heterocycles. The van der Waals surface area contributed by atoms with Crippen LogP contribution in [0.4, 0.5) is 4.79 Å². The minimum atomic E-state index is -0.971. The van der Waals surface area contributed by atoms with E-state index in [1.807, 2.05) is 37.3 Å². The van der Waals surface area contributed by atoms with Gasteiger partial charge < -0.3 is 15.2 Å². The van der Waals surface area contributed by atoms with Crippen LogP contribution in [0, 0.1) is 0 Å². The fourth-order valence-electron chi connectivity index (χ4n) is 2.80. The highest BCUT2D eigenvalue weighted by atomic mass is 32.2. The van der Waals surface area contributed by atoms with Crippen molar-refractivity contribution in [1.29, 1.82) is 0 Å². The van der Waals surface area contributed by atoms with Crippen LogP contribution in [0.1, 0.15) is 24.9 Å². The van der Waals surface area contributed by atoms with Crippen molar-refractivity contribution in [2.24, 2.45) is 0 Å². The molecule has 2 N–H and O–H groups in total. The third-order valence-electron chi connectivity index (χ3n) is 3.83. The molecule has 1 aliphatic heterocycles. The number of fused-ring (bicyclic) bond motifs is 1. The van der Waals surface area contributed by atoms with Crippen molar-refractivity contribution in [2.75, 3.05) is 12.4 Å². The minimum Gasteiger partial charge on any atom is -0.494 e. The first kappa shape index (κ1) is 15.7. The first-order chi connectivity index (χ1) is 11.2. The Balaban J connectivity index is 1.91. The molecule has 0 bridgehead atoms. The highest BCUT2D eigenvalue weighted by Crippen LogP contribution is 2.38. The minimum absolute atomic E-state index is 0.118. The fraction of sp³-hybridized carbons (Fsp3) is 0.278. The molecule has 1 aliphatic rings. The molecule has 1 amide bonds. The summed E-state index contributed by atoms with van der Waals surface area (Å²) in [6.45, 7) is 2.61. The van der Waals surface area contributed by atoms with E-state index in [0.717, 1.165) is 39.5 Å². The molecule has 3 rings (SSSR count). The van der Waals surface area contributed by atoms with Crippen molar-refractivity contribution in [1.82, 2.24) is 5.32 Å². The van der Waals surface area contributed by atoms with Crippen molar-refractivity contribution in [3.63, 3.8) is 0 Å². The summed E-state index contributed by atoms with van der Waals surface area (Å²) < 4.78 is 5.56. The molecule has 1 atom stereocenters. The number of carboxylic acid groups (broad SMARTS) is 1. The highest BCUT2D eigenvalue weighted by Gasteiger charge is 2.22. The van der Waals surface area contributed by atoms with Gasteiger partial charge in [-0.25, -0.2) is 4.79 Å². The van der Waals surface area contributed by atoms with Gasteiger partial charge in [0, 0.05) is 10.6 Å². The molecule has 0 aliphatic carbocycles. The lowest BCUT2D eigenvalue weighted by molar-refractivity contribution is 0.189. The van der Waals surface area contributed by atoms with E-state index in [0.29, 0.717) is 6.61 Å². The smallest absolute Gasteiger partial charge is 0.405 e. The van der Waals surface area contributed by atoms with Crippen LogP contribution in [0.2, 0.25) is 0 Å². The SMILES string of the molecule is CCOc1cccc(-c2ccc3c(c2)SCCC3NC(=O)O)c1. The maximum Gasteiger partial charge on any atom is 0.405 e. The molecule has 120 valence electrons. The average molecular weight is 329 g/mol. The van der Waals surface area contributed by atoms with Crippen LogP contribution in [0.5, 0.6) is 5.75 Å². The topological polar surface area (TPSA) is 58.6 Å². The molecular formula is C18H19NO3S. The average Bonchev–Trinajstić information content (AvgIpc) is 2.55. The molecule has 0 fully saturated rings. The summed E-state index contributed by atoms with van der Waals surface area (Å²) >= 11 is 1.78. The molecule has 0 spiro atoms. The summed E-state index contributed by atoms with van der Waals surface area (Å²) in [4.78, 5) is 12.1. The van der Waals surface area contributed by atoms with Gasteiger partial charge in [-0.05, 0) is 48.2 Å². The normalized spacial score (nSPS) is 16.5. The van der Waals surface area contributed by atoms with Gasteiger partial charge in [0.1, 0.15) is 5.75 Å². The maximum absolute atomic E-state index is 10.9. The largest absolute Gasteiger partial charge is 0.494 e. The van der Waals surface area contributed by atoms with Crippen molar-refractivity contribution < 1.29 is 14.6 Å². The zero-order chi connectivity index (χ0) is 16.2. The van der Waals surface area contributed by atoms with Gasteiger partial charge in [0.2, 0.25) is 0 Å². The molecule has 0 saturated heterocycles. The number of carbonyl (C=O) groups is 1. The molecule has 5 heteroatoms. The zero-order valence-corrected chi connectivity index (χ0v) is 13.7. The fourth-order valence-corrected chi connectivity index (χ4v) is 3.96. The number of ether oxygens (including phenoxy) is 1. The highest BCUT2D eigenvalue weighted by molar-refractivity contribution is 7.99. The van der Waals surface area contributed by atoms with Crippen LogP contribution >= 0.6 is 11.8 Å². The van der Waals surface area contributed by atoms with Gasteiger partial charge in [-0.15, -0.1) is 11.8 Å². The number of benzene rings is 2. The van der Waals surface area contributed by atoms with E-state index < -0.39 is 6.09 Å². The second-order valence-corrected chi connectivity index (χ2v) is 6.49. The van der Waals surface area contributed by atoms with Crippen LogP contribution in [0.3, 0.4) is 0 Å². The number of thioether (sulfide) groups is 1. The molecule has 2 aromatic carbocycles. The molecule has 23 heavy (non-hydrogen) atoms. The van der Waals surface area contributed by atoms with Crippen molar-refractivity contribution in [3.8, 4) is 16.9 Å². The van der Waals surface area contributed by atoms with E-state index in [9.17, 15) is 4.79 Å². The Kier molecular flexibility index (Phi) is 4.76. The molecule has 0 saturated carbocycles. The number of nitrogens with one attached hydrogen (secondary N) is 1. The zero-order valence-electron chi connectivity index (χ0n) is 12.9. The quantitative estimate of drug-likeness (QED) is 0.863. The van der Waals surface area contributed by atoms with Gasteiger partial charge in [0.05, 0.1) is 12.6 Å². The van der Waals surface area contributed by atoms with Crippen LogP contribution in [0.25, 0.3) is 11.1 Å². The summed E-state index contributed by atoms with van der Waals surface area (Å²) in [6.07, 6.45) is -0.148. The van der Waals surface area contributed by atoms with Crippen LogP contribution in [0.15, 0.2) is 47.4 Å². The van der Waals surface area contributed by atoms with Crippen LogP contribution in [-0.4, -0.2) is 23.6 Å². The summed E-state index contributed by atoms with van der Waals surface area (Å²) in [5, 5.41) is 11.6. The van der Waals surface area contributed by atoms with Crippen LogP contribution in [-0.2, 0) is 0 Å². The lowest BCUT2D eigenvalue weighted by atomic mass is 9.99.